The second kappa shape index (κ2) is 12.5. The van der Waals surface area contributed by atoms with Gasteiger partial charge in [0, 0.05) is 0 Å². The first-order chi connectivity index (χ1) is 11.8. The molecule has 0 aliphatic carbocycles. The molecule has 0 aliphatic heterocycles. The van der Waals surface area contributed by atoms with Crippen LogP contribution in [0.25, 0.3) is 0 Å². The average Bonchev–Trinajstić information content (AvgIpc) is 2.59. The number of nitrogens with two attached hydrogens (primary N) is 1. The van der Waals surface area contributed by atoms with Crippen LogP contribution in [0.2, 0.25) is 0 Å². The molecule has 0 radical (unpaired) electrons. The monoisotopic (exact) mass is 380 g/mol. The van der Waals surface area contributed by atoms with Crippen LogP contribution in [0.5, 0.6) is 0 Å². The van der Waals surface area contributed by atoms with Crippen molar-refractivity contribution >= 4 is 35.5 Å². The van der Waals surface area contributed by atoms with E-state index in [0.717, 1.165) is 0 Å². The van der Waals surface area contributed by atoms with Crippen molar-refractivity contribution in [3.63, 3.8) is 0 Å². The molecule has 0 saturated heterocycles. The van der Waals surface area contributed by atoms with E-state index in [2.05, 4.69) is 16.0 Å². The van der Waals surface area contributed by atoms with Crippen LogP contribution in [-0.4, -0.2) is 88.9 Å². The van der Waals surface area contributed by atoms with Crippen molar-refractivity contribution in [2.75, 3.05) is 31.8 Å². The molecule has 0 aromatic carbocycles. The van der Waals surface area contributed by atoms with E-state index >= 15 is 0 Å². The molecule has 0 aromatic rings. The molecule has 3 amide bonds. The average molecular weight is 380 g/mol. The molecule has 8 N–H and O–H groups in total. The fourth-order valence-electron chi connectivity index (χ4n) is 1.68. The first kappa shape index (κ1) is 23.1. The number of hydrogen-bond donors (Lipinski definition) is 7. The van der Waals surface area contributed by atoms with Gasteiger partial charge in [-0.25, -0.2) is 4.79 Å². The summed E-state index contributed by atoms with van der Waals surface area (Å²) in [7, 11) is 0. The number of aliphatic carboxylic acids is 1. The number of carboxylic acids is 1. The number of thioether (sulfide) groups is 1. The number of amides is 3. The Hall–Kier alpha value is -1.89. The topological polar surface area (TPSA) is 191 Å². The molecule has 0 saturated carbocycles. The number of aliphatic hydroxyl groups excluding tert-OH is 2. The predicted molar refractivity (Wildman–Crippen MR) is 89.7 cm³/mol. The first-order valence-corrected chi connectivity index (χ1v) is 8.73. The number of carboxylic acid groups (broad SMARTS) is 1. The van der Waals surface area contributed by atoms with Crippen molar-refractivity contribution in [3.05, 3.63) is 0 Å². The Labute approximate surface area is 148 Å². The number of aliphatic hydroxyl groups is 2. The molecule has 0 rings (SSSR count). The van der Waals surface area contributed by atoms with E-state index in [1.54, 1.807) is 6.26 Å². The van der Waals surface area contributed by atoms with Gasteiger partial charge in [-0.15, -0.1) is 0 Å². The molecular weight excluding hydrogens is 356 g/mol. The number of carbonyl (C=O) groups excluding carboxylic acids is 3. The number of hydrogen-bond acceptors (Lipinski definition) is 8. The third-order valence-corrected chi connectivity index (χ3v) is 3.70. The van der Waals surface area contributed by atoms with E-state index in [4.69, 9.17) is 15.9 Å². The van der Waals surface area contributed by atoms with Crippen LogP contribution in [-0.2, 0) is 19.2 Å². The molecular formula is C13H24N4O7S. The molecule has 3 atom stereocenters. The van der Waals surface area contributed by atoms with E-state index in [1.165, 1.54) is 11.8 Å². The normalized spacial score (nSPS) is 14.1. The van der Waals surface area contributed by atoms with Crippen LogP contribution < -0.4 is 21.7 Å². The lowest BCUT2D eigenvalue weighted by Crippen LogP contribution is -2.57. The van der Waals surface area contributed by atoms with E-state index in [1.807, 2.05) is 0 Å². The van der Waals surface area contributed by atoms with Gasteiger partial charge in [-0.05, 0) is 18.4 Å². The van der Waals surface area contributed by atoms with Crippen molar-refractivity contribution in [1.29, 1.82) is 0 Å². The van der Waals surface area contributed by atoms with Gasteiger partial charge >= 0.3 is 5.97 Å². The maximum Gasteiger partial charge on any atom is 0.328 e. The fourth-order valence-corrected chi connectivity index (χ4v) is 2.15. The summed E-state index contributed by atoms with van der Waals surface area (Å²) in [5.74, 6) is -3.22. The summed E-state index contributed by atoms with van der Waals surface area (Å²) in [5, 5.41) is 33.6. The van der Waals surface area contributed by atoms with Crippen molar-refractivity contribution in [2.45, 2.75) is 24.5 Å². The second-order valence-electron chi connectivity index (χ2n) is 4.93. The Bertz CT molecular complexity index is 477. The summed E-state index contributed by atoms with van der Waals surface area (Å²) in [6.45, 7) is -1.89. The van der Waals surface area contributed by atoms with Gasteiger partial charge in [-0.1, -0.05) is 0 Å². The zero-order valence-corrected chi connectivity index (χ0v) is 14.5. The molecule has 0 spiro atoms. The van der Waals surface area contributed by atoms with Crippen molar-refractivity contribution in [3.8, 4) is 0 Å². The minimum Gasteiger partial charge on any atom is -0.480 e. The lowest BCUT2D eigenvalue weighted by Gasteiger charge is -2.23. The number of nitrogens with one attached hydrogen (secondary N) is 3. The highest BCUT2D eigenvalue weighted by atomic mass is 32.2. The van der Waals surface area contributed by atoms with Crippen LogP contribution in [0.3, 0.4) is 0 Å². The zero-order chi connectivity index (χ0) is 19.4. The van der Waals surface area contributed by atoms with E-state index in [0.29, 0.717) is 5.75 Å². The largest absolute Gasteiger partial charge is 0.480 e. The summed E-state index contributed by atoms with van der Waals surface area (Å²) in [6.07, 6.45) is 1.96. The Morgan fingerprint density at radius 3 is 1.92 bits per heavy atom. The van der Waals surface area contributed by atoms with Gasteiger partial charge in [0.2, 0.25) is 17.7 Å². The van der Waals surface area contributed by atoms with Gasteiger partial charge in [0.1, 0.15) is 18.1 Å². The smallest absolute Gasteiger partial charge is 0.328 e. The summed E-state index contributed by atoms with van der Waals surface area (Å²) < 4.78 is 0. The predicted octanol–water partition coefficient (Wildman–Crippen LogP) is -3.78. The highest BCUT2D eigenvalue weighted by Gasteiger charge is 2.28. The molecule has 0 fully saturated rings. The summed E-state index contributed by atoms with van der Waals surface area (Å²) >= 11 is 1.40. The molecule has 12 heteroatoms. The Morgan fingerprint density at radius 2 is 1.48 bits per heavy atom. The Balaban J connectivity index is 5.00. The number of carbonyl (C=O) groups is 4. The van der Waals surface area contributed by atoms with E-state index < -0.39 is 55.0 Å². The molecule has 25 heavy (non-hydrogen) atoms. The highest BCUT2D eigenvalue weighted by Crippen LogP contribution is 2.02. The minimum absolute atomic E-state index is 0.180. The first-order valence-electron chi connectivity index (χ1n) is 7.34. The van der Waals surface area contributed by atoms with Crippen LogP contribution in [0.1, 0.15) is 6.42 Å². The molecule has 3 unspecified atom stereocenters. The highest BCUT2D eigenvalue weighted by molar-refractivity contribution is 7.98. The van der Waals surface area contributed by atoms with Crippen molar-refractivity contribution in [2.24, 2.45) is 5.73 Å². The lowest BCUT2D eigenvalue weighted by atomic mass is 10.1. The third-order valence-electron chi connectivity index (χ3n) is 3.06. The molecule has 0 aliphatic rings. The molecule has 0 aromatic heterocycles. The van der Waals surface area contributed by atoms with E-state index in [9.17, 15) is 24.3 Å². The van der Waals surface area contributed by atoms with Crippen LogP contribution in [0.4, 0.5) is 0 Å². The van der Waals surface area contributed by atoms with Gasteiger partial charge in [0.05, 0.1) is 19.8 Å². The Kier molecular flexibility index (Phi) is 11.5. The van der Waals surface area contributed by atoms with Crippen molar-refractivity contribution in [1.82, 2.24) is 16.0 Å². The minimum atomic E-state index is -1.51. The Morgan fingerprint density at radius 1 is 0.960 bits per heavy atom. The van der Waals surface area contributed by atoms with E-state index in [-0.39, 0.29) is 13.0 Å². The molecule has 11 nitrogen and oxygen atoms in total. The van der Waals surface area contributed by atoms with Crippen molar-refractivity contribution < 1.29 is 34.5 Å². The third kappa shape index (κ3) is 8.67. The molecule has 144 valence electrons. The van der Waals surface area contributed by atoms with Crippen LogP contribution in [0, 0.1) is 0 Å². The van der Waals surface area contributed by atoms with Gasteiger partial charge in [0.25, 0.3) is 0 Å². The molecule has 0 heterocycles. The lowest BCUT2D eigenvalue weighted by molar-refractivity contribution is -0.143. The van der Waals surface area contributed by atoms with Gasteiger partial charge < -0.3 is 37.0 Å². The second-order valence-corrected chi connectivity index (χ2v) is 5.92. The fraction of sp³-hybridized carbons (Fsp3) is 0.692. The maximum absolute atomic E-state index is 12.2. The maximum atomic E-state index is 12.2. The summed E-state index contributed by atoms with van der Waals surface area (Å²) in [5.41, 5.74) is 5.12. The zero-order valence-electron chi connectivity index (χ0n) is 13.7. The SMILES string of the molecule is CSCCC(NC(=O)C(CO)NC(=O)CN)C(=O)NC(CO)C(=O)O. The van der Waals surface area contributed by atoms with Gasteiger partial charge in [-0.3, -0.25) is 14.4 Å². The quantitative estimate of drug-likeness (QED) is 0.178. The molecule has 0 bridgehead atoms. The van der Waals surface area contributed by atoms with Gasteiger partial charge in [0.15, 0.2) is 0 Å². The standard InChI is InChI=1S/C13H24N4O7S/c1-25-3-2-7(11(21)17-9(6-19)13(23)24)16-12(22)8(5-18)15-10(20)4-14/h7-9,18-19H,2-6,14H2,1H3,(H,15,20)(H,16,22)(H,17,21)(H,23,24). The van der Waals surface area contributed by atoms with Crippen LogP contribution in [0.15, 0.2) is 0 Å². The summed E-state index contributed by atoms with van der Waals surface area (Å²) in [4.78, 5) is 46.4. The van der Waals surface area contributed by atoms with Gasteiger partial charge in [-0.2, -0.15) is 11.8 Å². The van der Waals surface area contributed by atoms with Crippen LogP contribution >= 0.6 is 11.8 Å². The number of rotatable bonds is 12. The summed E-state index contributed by atoms with van der Waals surface area (Å²) in [6, 6.07) is -3.90.